The van der Waals surface area contributed by atoms with Gasteiger partial charge in [0.2, 0.25) is 0 Å². The quantitative estimate of drug-likeness (QED) is 0.705. The molecule has 0 spiro atoms. The molecule has 1 saturated heterocycles. The highest BCUT2D eigenvalue weighted by molar-refractivity contribution is 5.79. The fourth-order valence-corrected chi connectivity index (χ4v) is 3.87. The van der Waals surface area contributed by atoms with Crippen molar-refractivity contribution in [1.29, 1.82) is 0 Å². The second kappa shape index (κ2) is 7.99. The number of fused-ring (bicyclic) bond motifs is 1. The smallest absolute Gasteiger partial charge is 0.306 e. The minimum atomic E-state index is -4.08. The molecule has 2 heterocycles. The number of likely N-dealkylation sites (tertiary alicyclic amines) is 1. The molecule has 1 aliphatic heterocycles. The summed E-state index contributed by atoms with van der Waals surface area (Å²) in [6.45, 7) is 1.67. The number of benzene rings is 2. The first kappa shape index (κ1) is 19.6. The van der Waals surface area contributed by atoms with Crippen LogP contribution in [0.25, 0.3) is 22.3 Å². The zero-order valence-electron chi connectivity index (χ0n) is 15.9. The van der Waals surface area contributed by atoms with Crippen LogP contribution in [0.4, 0.5) is 13.2 Å². The molecule has 4 nitrogen and oxygen atoms in total. The molecule has 7 heteroatoms. The predicted octanol–water partition coefficient (Wildman–Crippen LogP) is 4.41. The van der Waals surface area contributed by atoms with Crippen LogP contribution in [-0.2, 0) is 6.42 Å². The van der Waals surface area contributed by atoms with E-state index in [-0.39, 0.29) is 18.4 Å². The molecule has 2 aromatic carbocycles. The van der Waals surface area contributed by atoms with E-state index in [1.54, 1.807) is 12.1 Å². The number of nitrogens with one attached hydrogen (secondary N) is 1. The summed E-state index contributed by atoms with van der Waals surface area (Å²) in [4.78, 5) is 21.8. The van der Waals surface area contributed by atoms with Crippen molar-refractivity contribution in [3.05, 3.63) is 64.4 Å². The van der Waals surface area contributed by atoms with Crippen molar-refractivity contribution in [3.8, 4) is 11.4 Å². The van der Waals surface area contributed by atoms with Gasteiger partial charge in [0.25, 0.3) is 5.56 Å². The van der Waals surface area contributed by atoms with Gasteiger partial charge in [-0.1, -0.05) is 30.3 Å². The van der Waals surface area contributed by atoms with Crippen LogP contribution >= 0.6 is 0 Å². The van der Waals surface area contributed by atoms with Crippen LogP contribution in [-0.4, -0.2) is 40.7 Å². The Balaban J connectivity index is 1.44. The number of halogens is 3. The SMILES string of the molecule is O=c1[nH]c(-c2cccc(CCN3CCC(C(F)(F)F)CC3)c2)nc2ccccc12. The Labute approximate surface area is 166 Å². The van der Waals surface area contributed by atoms with Gasteiger partial charge in [-0.2, -0.15) is 13.2 Å². The van der Waals surface area contributed by atoms with Crippen LogP contribution in [0, 0.1) is 5.92 Å². The molecule has 0 atom stereocenters. The standard InChI is InChI=1S/C22H22F3N3O/c23-22(24,25)17-9-12-28(13-10-17)11-8-15-4-3-5-16(14-15)20-26-19-7-2-1-6-18(19)21(29)27-20/h1-7,14,17H,8-13H2,(H,26,27,29). The zero-order valence-corrected chi connectivity index (χ0v) is 15.9. The lowest BCUT2D eigenvalue weighted by Crippen LogP contribution is -2.39. The lowest BCUT2D eigenvalue weighted by Gasteiger charge is -2.32. The van der Waals surface area contributed by atoms with Crippen molar-refractivity contribution in [2.24, 2.45) is 5.92 Å². The summed E-state index contributed by atoms with van der Waals surface area (Å²) >= 11 is 0. The minimum absolute atomic E-state index is 0.172. The summed E-state index contributed by atoms with van der Waals surface area (Å²) in [6.07, 6.45) is -3.00. The van der Waals surface area contributed by atoms with E-state index in [0.717, 1.165) is 24.1 Å². The van der Waals surface area contributed by atoms with Gasteiger partial charge in [-0.05, 0) is 56.1 Å². The van der Waals surface area contributed by atoms with E-state index in [0.29, 0.717) is 29.8 Å². The minimum Gasteiger partial charge on any atom is -0.306 e. The fraction of sp³-hybridized carbons (Fsp3) is 0.364. The summed E-state index contributed by atoms with van der Waals surface area (Å²) in [5.74, 6) is -0.653. The van der Waals surface area contributed by atoms with Gasteiger partial charge >= 0.3 is 6.18 Å². The molecule has 0 aliphatic carbocycles. The average molecular weight is 401 g/mol. The van der Waals surface area contributed by atoms with Crippen LogP contribution in [0.15, 0.2) is 53.3 Å². The van der Waals surface area contributed by atoms with Gasteiger partial charge in [0.05, 0.1) is 16.8 Å². The molecule has 0 saturated carbocycles. The van der Waals surface area contributed by atoms with E-state index in [1.807, 2.05) is 36.4 Å². The molecule has 0 amide bonds. The fourth-order valence-electron chi connectivity index (χ4n) is 3.87. The van der Waals surface area contributed by atoms with E-state index in [4.69, 9.17) is 0 Å². The zero-order chi connectivity index (χ0) is 20.4. The van der Waals surface area contributed by atoms with Gasteiger partial charge in [-0.15, -0.1) is 0 Å². The number of piperidine rings is 1. The first-order valence-corrected chi connectivity index (χ1v) is 9.77. The summed E-state index contributed by atoms with van der Waals surface area (Å²) in [5, 5.41) is 0.551. The van der Waals surface area contributed by atoms with Crippen molar-refractivity contribution in [2.75, 3.05) is 19.6 Å². The van der Waals surface area contributed by atoms with E-state index < -0.39 is 12.1 Å². The Morgan fingerprint density at radius 2 is 1.83 bits per heavy atom. The third-order valence-corrected chi connectivity index (χ3v) is 5.58. The highest BCUT2D eigenvalue weighted by Crippen LogP contribution is 2.34. The number of nitrogens with zero attached hydrogens (tertiary/aromatic N) is 2. The summed E-state index contributed by atoms with van der Waals surface area (Å²) in [7, 11) is 0. The number of hydrogen-bond acceptors (Lipinski definition) is 3. The lowest BCUT2D eigenvalue weighted by molar-refractivity contribution is -0.185. The van der Waals surface area contributed by atoms with Gasteiger partial charge in [-0.3, -0.25) is 4.79 Å². The highest BCUT2D eigenvalue weighted by Gasteiger charge is 2.40. The molecular weight excluding hydrogens is 379 g/mol. The molecule has 0 unspecified atom stereocenters. The molecule has 1 fully saturated rings. The van der Waals surface area contributed by atoms with Crippen LogP contribution < -0.4 is 5.56 Å². The van der Waals surface area contributed by atoms with Gasteiger partial charge in [-0.25, -0.2) is 4.98 Å². The monoisotopic (exact) mass is 401 g/mol. The van der Waals surface area contributed by atoms with Crippen molar-refractivity contribution in [3.63, 3.8) is 0 Å². The predicted molar refractivity (Wildman–Crippen MR) is 107 cm³/mol. The average Bonchev–Trinajstić information content (AvgIpc) is 2.72. The lowest BCUT2D eigenvalue weighted by atomic mass is 9.96. The van der Waals surface area contributed by atoms with Crippen molar-refractivity contribution in [2.45, 2.75) is 25.4 Å². The maximum atomic E-state index is 12.8. The second-order valence-electron chi connectivity index (χ2n) is 7.54. The van der Waals surface area contributed by atoms with Crippen LogP contribution in [0.1, 0.15) is 18.4 Å². The molecule has 29 heavy (non-hydrogen) atoms. The van der Waals surface area contributed by atoms with E-state index in [9.17, 15) is 18.0 Å². The van der Waals surface area contributed by atoms with Crippen molar-refractivity contribution >= 4 is 10.9 Å². The first-order chi connectivity index (χ1) is 13.9. The number of rotatable bonds is 4. The van der Waals surface area contributed by atoms with E-state index in [1.165, 1.54) is 0 Å². The van der Waals surface area contributed by atoms with Crippen LogP contribution in [0.5, 0.6) is 0 Å². The van der Waals surface area contributed by atoms with Crippen molar-refractivity contribution in [1.82, 2.24) is 14.9 Å². The highest BCUT2D eigenvalue weighted by atomic mass is 19.4. The Morgan fingerprint density at radius 1 is 1.07 bits per heavy atom. The Kier molecular flexibility index (Phi) is 5.41. The summed E-state index contributed by atoms with van der Waals surface area (Å²) in [6, 6.07) is 15.0. The second-order valence-corrected chi connectivity index (χ2v) is 7.54. The van der Waals surface area contributed by atoms with E-state index in [2.05, 4.69) is 14.9 Å². The first-order valence-electron chi connectivity index (χ1n) is 9.77. The van der Waals surface area contributed by atoms with Gasteiger partial charge in [0.15, 0.2) is 0 Å². The van der Waals surface area contributed by atoms with Gasteiger partial charge < -0.3 is 9.88 Å². The Morgan fingerprint density at radius 3 is 2.59 bits per heavy atom. The third-order valence-electron chi connectivity index (χ3n) is 5.58. The molecule has 1 N–H and O–H groups in total. The molecule has 152 valence electrons. The topological polar surface area (TPSA) is 49.0 Å². The molecule has 3 aromatic rings. The number of H-pyrrole nitrogens is 1. The normalized spacial score (nSPS) is 16.4. The molecule has 1 aliphatic rings. The molecule has 0 bridgehead atoms. The van der Waals surface area contributed by atoms with Crippen LogP contribution in [0.3, 0.4) is 0 Å². The van der Waals surface area contributed by atoms with Crippen LogP contribution in [0.2, 0.25) is 0 Å². The van der Waals surface area contributed by atoms with Gasteiger partial charge in [0.1, 0.15) is 5.82 Å². The summed E-state index contributed by atoms with van der Waals surface area (Å²) < 4.78 is 38.4. The maximum Gasteiger partial charge on any atom is 0.391 e. The Bertz CT molecular complexity index is 1050. The number of aromatic nitrogens is 2. The molecular formula is C22H22F3N3O. The molecule has 1 aromatic heterocycles. The van der Waals surface area contributed by atoms with Gasteiger partial charge in [0, 0.05) is 12.1 Å². The third kappa shape index (κ3) is 4.50. The number of aromatic amines is 1. The molecule has 4 rings (SSSR count). The van der Waals surface area contributed by atoms with E-state index >= 15 is 0 Å². The van der Waals surface area contributed by atoms with Crippen molar-refractivity contribution < 1.29 is 13.2 Å². The largest absolute Gasteiger partial charge is 0.391 e. The molecule has 0 radical (unpaired) electrons. The Hall–Kier alpha value is -2.67. The number of hydrogen-bond donors (Lipinski definition) is 1. The number of alkyl halides is 3. The number of para-hydroxylation sites is 1. The maximum absolute atomic E-state index is 12.8. The summed E-state index contributed by atoms with van der Waals surface area (Å²) in [5.41, 5.74) is 2.35.